The molecule has 0 heterocycles. The third-order valence-corrected chi connectivity index (χ3v) is 2.10. The van der Waals surface area contributed by atoms with E-state index >= 15 is 0 Å². The number of hydrogen-bond acceptors (Lipinski definition) is 2. The summed E-state index contributed by atoms with van der Waals surface area (Å²) >= 11 is 0. The first kappa shape index (κ1) is 15.3. The van der Waals surface area contributed by atoms with E-state index in [-0.39, 0.29) is 0 Å². The summed E-state index contributed by atoms with van der Waals surface area (Å²) in [5.41, 5.74) is 0. The Morgan fingerprint density at radius 1 is 0.625 bits per heavy atom. The maximum Gasteiger partial charge on any atom is 0.460 e. The second-order valence-corrected chi connectivity index (χ2v) is 3.52. The van der Waals surface area contributed by atoms with Gasteiger partial charge in [-0.1, -0.05) is 0 Å². The van der Waals surface area contributed by atoms with Crippen molar-refractivity contribution in [3.63, 3.8) is 0 Å². The van der Waals surface area contributed by atoms with Gasteiger partial charge in [0.25, 0.3) is 0 Å². The minimum atomic E-state index is -7.17. The molecule has 0 fully saturated rings. The zero-order valence-corrected chi connectivity index (χ0v) is 7.56. The van der Waals surface area contributed by atoms with Gasteiger partial charge in [-0.25, -0.2) is 8.42 Å². The number of rotatable bonds is 3. The first-order valence-corrected chi connectivity index (χ1v) is 4.22. The van der Waals surface area contributed by atoms with Gasteiger partial charge in [-0.15, -0.1) is 0 Å². The molecule has 0 aromatic carbocycles. The molecule has 0 unspecified atom stereocenters. The predicted molar refractivity (Wildman–Crippen MR) is 31.2 cm³/mol. The van der Waals surface area contributed by atoms with Gasteiger partial charge in [0, 0.05) is 0 Å². The molecule has 0 amide bonds. The van der Waals surface area contributed by atoms with Gasteiger partial charge in [-0.2, -0.15) is 39.5 Å². The van der Waals surface area contributed by atoms with Crippen molar-refractivity contribution < 1.29 is 47.9 Å². The summed E-state index contributed by atoms with van der Waals surface area (Å²) < 4.78 is 125. The van der Waals surface area contributed by atoms with Crippen LogP contribution in [0.4, 0.5) is 39.5 Å². The molecular formula is C4HF9O2S. The Bertz CT molecular complexity index is 332. The highest BCUT2D eigenvalue weighted by molar-refractivity contribution is 7.73. The monoisotopic (exact) mass is 284 g/mol. The quantitative estimate of drug-likeness (QED) is 0.635. The molecule has 0 aliphatic rings. The van der Waals surface area contributed by atoms with Gasteiger partial charge in [0.05, 0.1) is 0 Å². The van der Waals surface area contributed by atoms with Gasteiger partial charge in [0.15, 0.2) is 0 Å². The molecule has 2 nitrogen and oxygen atoms in total. The largest absolute Gasteiger partial charge is 0.460 e. The molecular weight excluding hydrogens is 283 g/mol. The first-order valence-electron chi connectivity index (χ1n) is 3.04. The van der Waals surface area contributed by atoms with Crippen LogP contribution in [0.5, 0.6) is 0 Å². The second-order valence-electron chi connectivity index (χ2n) is 2.44. The smallest absolute Gasteiger partial charge is 0.225 e. The van der Waals surface area contributed by atoms with E-state index in [9.17, 15) is 47.9 Å². The molecule has 12 heteroatoms. The molecule has 0 N–H and O–H groups in total. The molecule has 16 heavy (non-hydrogen) atoms. The van der Waals surface area contributed by atoms with Crippen LogP contribution >= 0.6 is 0 Å². The topological polar surface area (TPSA) is 34.1 Å². The van der Waals surface area contributed by atoms with Crippen LogP contribution in [0.1, 0.15) is 0 Å². The maximum atomic E-state index is 12.1. The minimum Gasteiger partial charge on any atom is -0.225 e. The van der Waals surface area contributed by atoms with Crippen molar-refractivity contribution in [3.8, 4) is 0 Å². The van der Waals surface area contributed by atoms with Crippen LogP contribution in [-0.4, -0.2) is 31.7 Å². The number of hydrogen-bond donors (Lipinski definition) is 1. The molecule has 0 rings (SSSR count). The molecule has 0 spiro atoms. The van der Waals surface area contributed by atoms with Crippen molar-refractivity contribution >= 4 is 10.7 Å². The Balaban J connectivity index is 5.71. The lowest BCUT2D eigenvalue weighted by molar-refractivity contribution is -0.381. The lowest BCUT2D eigenvalue weighted by Gasteiger charge is -2.30. The average molecular weight is 284 g/mol. The van der Waals surface area contributed by atoms with Crippen molar-refractivity contribution in [2.24, 2.45) is 0 Å². The molecule has 0 radical (unpaired) electrons. The predicted octanol–water partition coefficient (Wildman–Crippen LogP) is 2.02. The Morgan fingerprint density at radius 2 is 0.938 bits per heavy atom. The van der Waals surface area contributed by atoms with E-state index in [0.29, 0.717) is 0 Å². The molecule has 0 aromatic heterocycles. The van der Waals surface area contributed by atoms with Gasteiger partial charge < -0.3 is 0 Å². The summed E-state index contributed by atoms with van der Waals surface area (Å²) in [5, 5.41) is -6.51. The summed E-state index contributed by atoms with van der Waals surface area (Å²) in [4.78, 5) is 0. The van der Waals surface area contributed by atoms with Crippen molar-refractivity contribution in [2.45, 2.75) is 23.3 Å². The fourth-order valence-electron chi connectivity index (χ4n) is 0.482. The van der Waals surface area contributed by atoms with E-state index in [0.717, 1.165) is 0 Å². The molecule has 0 aromatic rings. The zero-order valence-electron chi connectivity index (χ0n) is 6.67. The Kier molecular flexibility index (Phi) is 3.51. The van der Waals surface area contributed by atoms with Gasteiger partial charge in [0.1, 0.15) is 0 Å². The van der Waals surface area contributed by atoms with Gasteiger partial charge in [-0.05, 0) is 0 Å². The van der Waals surface area contributed by atoms with E-state index < -0.39 is 34.0 Å². The van der Waals surface area contributed by atoms with E-state index in [2.05, 4.69) is 0 Å². The number of alkyl halides is 9. The van der Waals surface area contributed by atoms with Crippen molar-refractivity contribution in [2.75, 3.05) is 0 Å². The van der Waals surface area contributed by atoms with Gasteiger partial charge in [0.2, 0.25) is 10.7 Å². The lowest BCUT2D eigenvalue weighted by atomic mass is 10.1. The maximum absolute atomic E-state index is 12.1. The summed E-state index contributed by atoms with van der Waals surface area (Å²) in [6.07, 6.45) is -7.01. The Labute approximate surface area is 83.0 Å². The van der Waals surface area contributed by atoms with Crippen molar-refractivity contribution in [1.29, 1.82) is 0 Å². The van der Waals surface area contributed by atoms with Gasteiger partial charge >= 0.3 is 23.3 Å². The molecule has 98 valence electrons. The summed E-state index contributed by atoms with van der Waals surface area (Å²) in [6, 6.07) is 0. The standard InChI is InChI=1S/C4HF9O2S/c5-1(6,3(9,10)11)2(7,8)4(12,13)16(14)15/h16H. The third-order valence-electron chi connectivity index (χ3n) is 1.36. The Hall–Kier alpha value is -0.680. The SMILES string of the molecule is O=[SH](=O)C(F)(F)C(F)(F)C(F)(F)C(F)(F)F. The lowest BCUT2D eigenvalue weighted by Crippen LogP contribution is -2.61. The van der Waals surface area contributed by atoms with Gasteiger partial charge in [-0.3, -0.25) is 0 Å². The highest BCUT2D eigenvalue weighted by Crippen LogP contribution is 2.53. The Morgan fingerprint density at radius 3 is 1.12 bits per heavy atom. The van der Waals surface area contributed by atoms with Crippen LogP contribution in [0.25, 0.3) is 0 Å². The van der Waals surface area contributed by atoms with Crippen LogP contribution < -0.4 is 0 Å². The minimum absolute atomic E-state index is 5.51. The zero-order chi connectivity index (χ0) is 13.6. The molecule has 0 atom stereocenters. The van der Waals surface area contributed by atoms with Crippen LogP contribution in [0.15, 0.2) is 0 Å². The number of halogens is 9. The fraction of sp³-hybridized carbons (Fsp3) is 1.00. The van der Waals surface area contributed by atoms with E-state index in [1.165, 1.54) is 0 Å². The summed E-state index contributed by atoms with van der Waals surface area (Å²) in [5.74, 6) is -14.3. The van der Waals surface area contributed by atoms with Crippen LogP contribution in [0.2, 0.25) is 0 Å². The van der Waals surface area contributed by atoms with Crippen LogP contribution in [-0.2, 0) is 10.7 Å². The molecule has 0 aliphatic carbocycles. The molecule has 0 aliphatic heterocycles. The molecule has 0 bridgehead atoms. The molecule has 0 saturated heterocycles. The van der Waals surface area contributed by atoms with Crippen LogP contribution in [0.3, 0.4) is 0 Å². The summed E-state index contributed by atoms with van der Waals surface area (Å²) in [7, 11) is -5.51. The normalized spacial score (nSPS) is 15.6. The van der Waals surface area contributed by atoms with Crippen molar-refractivity contribution in [3.05, 3.63) is 0 Å². The summed E-state index contributed by atoms with van der Waals surface area (Å²) in [6.45, 7) is 0. The fourth-order valence-corrected chi connectivity index (χ4v) is 0.851. The van der Waals surface area contributed by atoms with E-state index in [1.54, 1.807) is 0 Å². The average Bonchev–Trinajstić information content (AvgIpc) is 2.00. The number of thiol groups is 1. The van der Waals surface area contributed by atoms with Crippen molar-refractivity contribution in [1.82, 2.24) is 0 Å². The third kappa shape index (κ3) is 1.94. The highest BCUT2D eigenvalue weighted by Gasteiger charge is 2.83. The second kappa shape index (κ2) is 3.67. The first-order chi connectivity index (χ1) is 6.69. The van der Waals surface area contributed by atoms with E-state index in [1.807, 2.05) is 0 Å². The highest BCUT2D eigenvalue weighted by atomic mass is 32.2. The van der Waals surface area contributed by atoms with E-state index in [4.69, 9.17) is 0 Å². The molecule has 0 saturated carbocycles. The van der Waals surface area contributed by atoms with Crippen LogP contribution in [0, 0.1) is 0 Å².